The predicted molar refractivity (Wildman–Crippen MR) is 81.3 cm³/mol. The first kappa shape index (κ1) is 14.8. The van der Waals surface area contributed by atoms with Crippen molar-refractivity contribution in [2.45, 2.75) is 26.2 Å². The van der Waals surface area contributed by atoms with E-state index in [9.17, 15) is 4.79 Å². The zero-order valence-electron chi connectivity index (χ0n) is 12.1. The SMILES string of the molecule is CCOC(=O)[C@@]1(C/C=C/c2ccccc2)CCCNC1. The molecule has 0 aliphatic carbocycles. The molecule has 20 heavy (non-hydrogen) atoms. The minimum atomic E-state index is -0.389. The summed E-state index contributed by atoms with van der Waals surface area (Å²) in [6.07, 6.45) is 6.83. The number of rotatable bonds is 5. The van der Waals surface area contributed by atoms with Crippen LogP contribution in [0, 0.1) is 5.41 Å². The topological polar surface area (TPSA) is 38.3 Å². The number of allylic oxidation sites excluding steroid dienone is 1. The fraction of sp³-hybridized carbons (Fsp3) is 0.471. The van der Waals surface area contributed by atoms with E-state index in [2.05, 4.69) is 29.6 Å². The Hall–Kier alpha value is -1.61. The quantitative estimate of drug-likeness (QED) is 0.838. The molecule has 1 atom stereocenters. The van der Waals surface area contributed by atoms with Gasteiger partial charge in [-0.1, -0.05) is 42.5 Å². The highest BCUT2D eigenvalue weighted by molar-refractivity contribution is 5.77. The summed E-state index contributed by atoms with van der Waals surface area (Å²) in [5.74, 6) is -0.0649. The largest absolute Gasteiger partial charge is 0.466 e. The maximum Gasteiger partial charge on any atom is 0.313 e. The standard InChI is InChI=1S/C17H23NO2/c1-2-20-16(19)17(12-7-13-18-14-17)11-6-10-15-8-4-3-5-9-15/h3-6,8-10,18H,2,7,11-14H2,1H3/b10-6+/t17-/m0/s1. The van der Waals surface area contributed by atoms with E-state index in [1.807, 2.05) is 25.1 Å². The molecule has 1 aromatic carbocycles. The maximum absolute atomic E-state index is 12.3. The van der Waals surface area contributed by atoms with Gasteiger partial charge < -0.3 is 10.1 Å². The molecule has 1 aromatic rings. The van der Waals surface area contributed by atoms with E-state index in [0.717, 1.165) is 31.4 Å². The van der Waals surface area contributed by atoms with Crippen molar-refractivity contribution < 1.29 is 9.53 Å². The van der Waals surface area contributed by atoms with Crippen molar-refractivity contribution in [2.24, 2.45) is 5.41 Å². The van der Waals surface area contributed by atoms with Crippen molar-refractivity contribution in [3.05, 3.63) is 42.0 Å². The third-order valence-electron chi connectivity index (χ3n) is 3.80. The van der Waals surface area contributed by atoms with Gasteiger partial charge in [0.2, 0.25) is 0 Å². The lowest BCUT2D eigenvalue weighted by molar-refractivity contribution is -0.156. The van der Waals surface area contributed by atoms with Crippen molar-refractivity contribution in [3.8, 4) is 0 Å². The van der Waals surface area contributed by atoms with E-state index in [1.165, 1.54) is 0 Å². The molecular weight excluding hydrogens is 250 g/mol. The van der Waals surface area contributed by atoms with Crippen molar-refractivity contribution >= 4 is 12.0 Å². The molecule has 0 unspecified atom stereocenters. The van der Waals surface area contributed by atoms with Crippen LogP contribution in [0.15, 0.2) is 36.4 Å². The Morgan fingerprint density at radius 1 is 1.40 bits per heavy atom. The minimum Gasteiger partial charge on any atom is -0.466 e. The van der Waals surface area contributed by atoms with E-state index in [4.69, 9.17) is 4.74 Å². The summed E-state index contributed by atoms with van der Waals surface area (Å²) >= 11 is 0. The van der Waals surface area contributed by atoms with Gasteiger partial charge in [0, 0.05) is 6.54 Å². The van der Waals surface area contributed by atoms with Crippen LogP contribution >= 0.6 is 0 Å². The Labute approximate surface area is 121 Å². The van der Waals surface area contributed by atoms with Gasteiger partial charge in [-0.05, 0) is 38.3 Å². The van der Waals surface area contributed by atoms with Gasteiger partial charge in [-0.2, -0.15) is 0 Å². The van der Waals surface area contributed by atoms with Crippen LogP contribution in [0.4, 0.5) is 0 Å². The van der Waals surface area contributed by atoms with Gasteiger partial charge in [0.05, 0.1) is 12.0 Å². The second-order valence-corrected chi connectivity index (χ2v) is 5.30. The molecule has 2 rings (SSSR count). The van der Waals surface area contributed by atoms with Crippen LogP contribution in [-0.2, 0) is 9.53 Å². The fourth-order valence-corrected chi connectivity index (χ4v) is 2.67. The average molecular weight is 273 g/mol. The zero-order valence-corrected chi connectivity index (χ0v) is 12.1. The Bertz CT molecular complexity index is 447. The third kappa shape index (κ3) is 3.70. The predicted octanol–water partition coefficient (Wildman–Crippen LogP) is 3.02. The van der Waals surface area contributed by atoms with Crippen molar-refractivity contribution in [1.82, 2.24) is 5.32 Å². The van der Waals surface area contributed by atoms with E-state index in [0.29, 0.717) is 13.2 Å². The summed E-state index contributed by atoms with van der Waals surface area (Å²) in [6.45, 7) is 4.01. The van der Waals surface area contributed by atoms with Crippen molar-refractivity contribution in [1.29, 1.82) is 0 Å². The number of nitrogens with one attached hydrogen (secondary N) is 1. The van der Waals surface area contributed by atoms with Crippen LogP contribution in [0.5, 0.6) is 0 Å². The first-order valence-corrected chi connectivity index (χ1v) is 7.36. The van der Waals surface area contributed by atoms with Crippen LogP contribution in [0.1, 0.15) is 31.7 Å². The molecule has 0 spiro atoms. The number of ether oxygens (including phenoxy) is 1. The first-order chi connectivity index (χ1) is 9.77. The molecular formula is C17H23NO2. The average Bonchev–Trinajstić information content (AvgIpc) is 2.49. The number of carbonyl (C=O) groups excluding carboxylic acids is 1. The first-order valence-electron chi connectivity index (χ1n) is 7.36. The van der Waals surface area contributed by atoms with Crippen molar-refractivity contribution in [2.75, 3.05) is 19.7 Å². The molecule has 108 valence electrons. The second kappa shape index (κ2) is 7.25. The molecule has 1 N–H and O–H groups in total. The molecule has 1 saturated heterocycles. The van der Waals surface area contributed by atoms with Crippen LogP contribution in [0.3, 0.4) is 0 Å². The van der Waals surface area contributed by atoms with Crippen LogP contribution < -0.4 is 5.32 Å². The zero-order chi connectivity index (χ0) is 14.3. The maximum atomic E-state index is 12.3. The summed E-state index contributed by atoms with van der Waals surface area (Å²) in [5, 5.41) is 3.33. The van der Waals surface area contributed by atoms with Gasteiger partial charge in [0.15, 0.2) is 0 Å². The van der Waals surface area contributed by atoms with Crippen LogP contribution in [0.2, 0.25) is 0 Å². The van der Waals surface area contributed by atoms with E-state index >= 15 is 0 Å². The van der Waals surface area contributed by atoms with E-state index in [-0.39, 0.29) is 11.4 Å². The number of hydrogen-bond donors (Lipinski definition) is 1. The summed E-state index contributed by atoms with van der Waals surface area (Å²) < 4.78 is 5.27. The van der Waals surface area contributed by atoms with Gasteiger partial charge >= 0.3 is 5.97 Å². The number of carbonyl (C=O) groups is 1. The van der Waals surface area contributed by atoms with Gasteiger partial charge in [0.25, 0.3) is 0 Å². The Morgan fingerprint density at radius 3 is 2.85 bits per heavy atom. The summed E-state index contributed by atoms with van der Waals surface area (Å²) in [6, 6.07) is 10.2. The van der Waals surface area contributed by atoms with Crippen LogP contribution in [0.25, 0.3) is 6.08 Å². The normalized spacial score (nSPS) is 22.9. The Morgan fingerprint density at radius 2 is 2.20 bits per heavy atom. The Kier molecular flexibility index (Phi) is 5.36. The van der Waals surface area contributed by atoms with Gasteiger partial charge in [-0.15, -0.1) is 0 Å². The number of hydrogen-bond acceptors (Lipinski definition) is 3. The summed E-state index contributed by atoms with van der Waals surface area (Å²) in [4.78, 5) is 12.3. The number of benzene rings is 1. The molecule has 0 amide bonds. The molecule has 1 aliphatic heterocycles. The highest BCUT2D eigenvalue weighted by atomic mass is 16.5. The monoisotopic (exact) mass is 273 g/mol. The molecule has 1 heterocycles. The molecule has 0 radical (unpaired) electrons. The number of esters is 1. The molecule has 1 aliphatic rings. The second-order valence-electron chi connectivity index (χ2n) is 5.30. The molecule has 0 bridgehead atoms. The lowest BCUT2D eigenvalue weighted by atomic mass is 9.77. The van der Waals surface area contributed by atoms with Gasteiger partial charge in [-0.25, -0.2) is 0 Å². The third-order valence-corrected chi connectivity index (χ3v) is 3.80. The highest BCUT2D eigenvalue weighted by Crippen LogP contribution is 2.32. The molecule has 3 heteroatoms. The van der Waals surface area contributed by atoms with E-state index < -0.39 is 0 Å². The van der Waals surface area contributed by atoms with Gasteiger partial charge in [0.1, 0.15) is 0 Å². The lowest BCUT2D eigenvalue weighted by Crippen LogP contribution is -2.46. The summed E-state index contributed by atoms with van der Waals surface area (Å²) in [5.41, 5.74) is 0.773. The highest BCUT2D eigenvalue weighted by Gasteiger charge is 2.39. The number of piperidine rings is 1. The molecule has 0 saturated carbocycles. The van der Waals surface area contributed by atoms with E-state index in [1.54, 1.807) is 0 Å². The summed E-state index contributed by atoms with van der Waals surface area (Å²) in [7, 11) is 0. The van der Waals surface area contributed by atoms with Gasteiger partial charge in [-0.3, -0.25) is 4.79 Å². The molecule has 1 fully saturated rings. The smallest absolute Gasteiger partial charge is 0.313 e. The fourth-order valence-electron chi connectivity index (χ4n) is 2.67. The molecule has 0 aromatic heterocycles. The van der Waals surface area contributed by atoms with Crippen molar-refractivity contribution in [3.63, 3.8) is 0 Å². The van der Waals surface area contributed by atoms with Crippen LogP contribution in [-0.4, -0.2) is 25.7 Å². The lowest BCUT2D eigenvalue weighted by Gasteiger charge is -2.34. The molecule has 3 nitrogen and oxygen atoms in total. The Balaban J connectivity index is 2.04. The minimum absolute atomic E-state index is 0.0649.